The van der Waals surface area contributed by atoms with Gasteiger partial charge in [0, 0.05) is 18.2 Å². The SMILES string of the molecule is CC(=O)Nc1ccc(C(=O)[C@H](C)OC(=O)CN2C(=O)NC3(CCCC3)C2=O)cc1. The van der Waals surface area contributed by atoms with Gasteiger partial charge in [0.1, 0.15) is 12.1 Å². The Morgan fingerprint density at radius 3 is 2.38 bits per heavy atom. The van der Waals surface area contributed by atoms with Gasteiger partial charge in [-0.05, 0) is 44.0 Å². The minimum Gasteiger partial charge on any atom is -0.453 e. The number of ketones is 1. The molecule has 1 aliphatic heterocycles. The number of benzene rings is 1. The number of Topliss-reactive ketones (excluding diaryl/α,β-unsaturated/α-hetero) is 1. The third-order valence-corrected chi connectivity index (χ3v) is 5.16. The van der Waals surface area contributed by atoms with Crippen molar-refractivity contribution in [3.63, 3.8) is 0 Å². The van der Waals surface area contributed by atoms with Gasteiger partial charge in [0.05, 0.1) is 0 Å². The molecule has 154 valence electrons. The number of carbonyl (C=O) groups excluding carboxylic acids is 5. The summed E-state index contributed by atoms with van der Waals surface area (Å²) in [6.45, 7) is 2.26. The smallest absolute Gasteiger partial charge is 0.326 e. The summed E-state index contributed by atoms with van der Waals surface area (Å²) in [7, 11) is 0. The van der Waals surface area contributed by atoms with Gasteiger partial charge >= 0.3 is 12.0 Å². The fourth-order valence-corrected chi connectivity index (χ4v) is 3.71. The van der Waals surface area contributed by atoms with Crippen LogP contribution in [-0.4, -0.2) is 52.7 Å². The van der Waals surface area contributed by atoms with E-state index in [0.29, 0.717) is 24.1 Å². The van der Waals surface area contributed by atoms with Crippen LogP contribution >= 0.6 is 0 Å². The topological polar surface area (TPSA) is 122 Å². The van der Waals surface area contributed by atoms with Crippen LogP contribution in [0, 0.1) is 0 Å². The number of imide groups is 1. The first-order chi connectivity index (χ1) is 13.7. The molecule has 29 heavy (non-hydrogen) atoms. The molecule has 1 atom stereocenters. The van der Waals surface area contributed by atoms with Crippen molar-refractivity contribution in [3.8, 4) is 0 Å². The van der Waals surface area contributed by atoms with Crippen LogP contribution < -0.4 is 10.6 Å². The van der Waals surface area contributed by atoms with Crippen molar-refractivity contribution in [2.24, 2.45) is 0 Å². The molecule has 1 heterocycles. The Bertz CT molecular complexity index is 857. The molecule has 0 aromatic heterocycles. The van der Waals surface area contributed by atoms with Crippen LogP contribution in [0.2, 0.25) is 0 Å². The summed E-state index contributed by atoms with van der Waals surface area (Å²) in [6.07, 6.45) is 1.72. The van der Waals surface area contributed by atoms with Crippen molar-refractivity contribution in [2.45, 2.75) is 51.2 Å². The lowest BCUT2D eigenvalue weighted by atomic mass is 9.98. The van der Waals surface area contributed by atoms with Gasteiger partial charge in [-0.1, -0.05) is 12.8 Å². The fraction of sp³-hybridized carbons (Fsp3) is 0.450. The van der Waals surface area contributed by atoms with Gasteiger partial charge in [-0.15, -0.1) is 0 Å². The van der Waals surface area contributed by atoms with Crippen molar-refractivity contribution in [2.75, 3.05) is 11.9 Å². The number of rotatable bonds is 6. The van der Waals surface area contributed by atoms with E-state index in [1.807, 2.05) is 0 Å². The second-order valence-electron chi connectivity index (χ2n) is 7.37. The molecular weight excluding hydrogens is 378 g/mol. The first kappa shape index (κ1) is 20.5. The summed E-state index contributed by atoms with van der Waals surface area (Å²) >= 11 is 0. The van der Waals surface area contributed by atoms with Gasteiger partial charge in [-0.3, -0.25) is 24.1 Å². The summed E-state index contributed by atoms with van der Waals surface area (Å²) in [4.78, 5) is 61.3. The van der Waals surface area contributed by atoms with Gasteiger partial charge in [-0.2, -0.15) is 0 Å². The van der Waals surface area contributed by atoms with E-state index in [1.165, 1.54) is 26.0 Å². The van der Waals surface area contributed by atoms with Crippen molar-refractivity contribution >= 4 is 35.3 Å². The summed E-state index contributed by atoms with van der Waals surface area (Å²) in [5.41, 5.74) is -0.0496. The van der Waals surface area contributed by atoms with Gasteiger partial charge in [0.15, 0.2) is 6.10 Å². The number of hydrogen-bond acceptors (Lipinski definition) is 6. The minimum absolute atomic E-state index is 0.230. The third-order valence-electron chi connectivity index (χ3n) is 5.16. The fourth-order valence-electron chi connectivity index (χ4n) is 3.71. The van der Waals surface area contributed by atoms with Crippen molar-refractivity contribution in [1.29, 1.82) is 0 Å². The molecule has 2 fully saturated rings. The molecule has 9 heteroatoms. The van der Waals surface area contributed by atoms with Crippen LogP contribution in [0.3, 0.4) is 0 Å². The number of carbonyl (C=O) groups is 5. The zero-order valence-electron chi connectivity index (χ0n) is 16.3. The maximum Gasteiger partial charge on any atom is 0.326 e. The summed E-state index contributed by atoms with van der Waals surface area (Å²) in [6, 6.07) is 5.55. The Labute approximate surface area is 167 Å². The molecular formula is C20H23N3O6. The third kappa shape index (κ3) is 4.28. The molecule has 1 spiro atoms. The Morgan fingerprint density at radius 2 is 1.79 bits per heavy atom. The summed E-state index contributed by atoms with van der Waals surface area (Å²) in [5.74, 6) is -1.91. The second kappa shape index (κ2) is 8.02. The number of hydrogen-bond donors (Lipinski definition) is 2. The molecule has 0 radical (unpaired) electrons. The van der Waals surface area contributed by atoms with Gasteiger partial charge in [0.2, 0.25) is 11.7 Å². The molecule has 1 saturated heterocycles. The lowest BCUT2D eigenvalue weighted by molar-refractivity contribution is -0.149. The van der Waals surface area contributed by atoms with E-state index >= 15 is 0 Å². The van der Waals surface area contributed by atoms with Crippen molar-refractivity contribution in [1.82, 2.24) is 10.2 Å². The molecule has 0 unspecified atom stereocenters. The van der Waals surface area contributed by atoms with Crippen molar-refractivity contribution in [3.05, 3.63) is 29.8 Å². The Hall–Kier alpha value is -3.23. The monoisotopic (exact) mass is 401 g/mol. The molecule has 9 nitrogen and oxygen atoms in total. The highest BCUT2D eigenvalue weighted by Crippen LogP contribution is 2.34. The average molecular weight is 401 g/mol. The second-order valence-corrected chi connectivity index (χ2v) is 7.37. The number of urea groups is 1. The van der Waals surface area contributed by atoms with E-state index < -0.39 is 41.9 Å². The molecule has 1 aromatic rings. The zero-order chi connectivity index (χ0) is 21.2. The molecule has 2 N–H and O–H groups in total. The molecule has 0 bridgehead atoms. The van der Waals surface area contributed by atoms with Crippen LogP contribution in [0.25, 0.3) is 0 Å². The zero-order valence-corrected chi connectivity index (χ0v) is 16.3. The van der Waals surface area contributed by atoms with E-state index in [2.05, 4.69) is 10.6 Å². The number of ether oxygens (including phenoxy) is 1. The molecule has 3 rings (SSSR count). The van der Waals surface area contributed by atoms with E-state index in [0.717, 1.165) is 17.7 Å². The highest BCUT2D eigenvalue weighted by atomic mass is 16.5. The first-order valence-corrected chi connectivity index (χ1v) is 9.47. The van der Waals surface area contributed by atoms with Crippen molar-refractivity contribution < 1.29 is 28.7 Å². The number of nitrogens with one attached hydrogen (secondary N) is 2. The van der Waals surface area contributed by atoms with Crippen LogP contribution in [0.4, 0.5) is 10.5 Å². The molecule has 1 saturated carbocycles. The lowest BCUT2D eigenvalue weighted by Crippen LogP contribution is -2.44. The predicted octanol–water partition coefficient (Wildman–Crippen LogP) is 1.62. The average Bonchev–Trinajstić information content (AvgIpc) is 3.22. The molecule has 1 aliphatic carbocycles. The number of anilines is 1. The number of esters is 1. The standard InChI is InChI=1S/C20H23N3O6/c1-12(17(26)14-5-7-15(8-6-14)21-13(2)24)29-16(25)11-23-18(27)20(22-19(23)28)9-3-4-10-20/h5-8,12H,3-4,9-11H2,1-2H3,(H,21,24)(H,22,28)/t12-/m0/s1. The Morgan fingerprint density at radius 1 is 1.17 bits per heavy atom. The first-order valence-electron chi connectivity index (χ1n) is 9.47. The number of nitrogens with zero attached hydrogens (tertiary/aromatic N) is 1. The molecule has 2 aliphatic rings. The quantitative estimate of drug-likeness (QED) is 0.424. The van der Waals surface area contributed by atoms with E-state index in [9.17, 15) is 24.0 Å². The minimum atomic E-state index is -1.09. The van der Waals surface area contributed by atoms with Crippen LogP contribution in [0.15, 0.2) is 24.3 Å². The Kier molecular flexibility index (Phi) is 5.67. The number of amides is 4. The van der Waals surface area contributed by atoms with Crippen LogP contribution in [0.5, 0.6) is 0 Å². The van der Waals surface area contributed by atoms with E-state index in [1.54, 1.807) is 12.1 Å². The van der Waals surface area contributed by atoms with E-state index in [-0.39, 0.29) is 5.91 Å². The van der Waals surface area contributed by atoms with Crippen LogP contribution in [-0.2, 0) is 19.1 Å². The maximum absolute atomic E-state index is 12.6. The normalized spacial score (nSPS) is 18.5. The predicted molar refractivity (Wildman–Crippen MR) is 102 cm³/mol. The van der Waals surface area contributed by atoms with Crippen LogP contribution in [0.1, 0.15) is 49.9 Å². The highest BCUT2D eigenvalue weighted by molar-refractivity contribution is 6.09. The van der Waals surface area contributed by atoms with Gasteiger partial charge in [-0.25, -0.2) is 4.79 Å². The molecule has 1 aromatic carbocycles. The van der Waals surface area contributed by atoms with Gasteiger partial charge < -0.3 is 15.4 Å². The lowest BCUT2D eigenvalue weighted by Gasteiger charge is -2.20. The van der Waals surface area contributed by atoms with Gasteiger partial charge in [0.25, 0.3) is 5.91 Å². The summed E-state index contributed by atoms with van der Waals surface area (Å²) in [5, 5.41) is 5.28. The Balaban J connectivity index is 1.57. The molecule has 4 amide bonds. The van der Waals surface area contributed by atoms with E-state index in [4.69, 9.17) is 4.74 Å². The highest BCUT2D eigenvalue weighted by Gasteiger charge is 2.52. The maximum atomic E-state index is 12.6. The summed E-state index contributed by atoms with van der Waals surface area (Å²) < 4.78 is 5.14. The largest absolute Gasteiger partial charge is 0.453 e.